The third kappa shape index (κ3) is 4.08. The molecular weight excluding hydrogens is 478 g/mol. The molecule has 8 heteroatoms. The Kier molecular flexibility index (Phi) is 5.51. The zero-order chi connectivity index (χ0) is 26.2. The summed E-state index contributed by atoms with van der Waals surface area (Å²) in [5.74, 6) is 0.675. The summed E-state index contributed by atoms with van der Waals surface area (Å²) >= 11 is 0. The summed E-state index contributed by atoms with van der Waals surface area (Å²) in [6.07, 6.45) is 1.39. The van der Waals surface area contributed by atoms with Gasteiger partial charge in [-0.15, -0.1) is 0 Å². The van der Waals surface area contributed by atoms with Crippen molar-refractivity contribution >= 4 is 33.6 Å². The zero-order valence-corrected chi connectivity index (χ0v) is 20.2. The van der Waals surface area contributed by atoms with E-state index < -0.39 is 5.91 Å². The maximum Gasteiger partial charge on any atom is 0.256 e. The Hall–Kier alpha value is -5.55. The minimum absolute atomic E-state index is 0.133. The number of carbonyl (C=O) groups is 1. The van der Waals surface area contributed by atoms with Crippen LogP contribution < -0.4 is 10.7 Å². The second kappa shape index (κ2) is 9.15. The normalized spacial score (nSPS) is 10.9. The molecule has 6 aromatic rings. The van der Waals surface area contributed by atoms with Gasteiger partial charge in [-0.05, 0) is 49.4 Å². The number of rotatable bonds is 4. The molecule has 0 aliphatic heterocycles. The fourth-order valence-corrected chi connectivity index (χ4v) is 4.28. The highest BCUT2D eigenvalue weighted by atomic mass is 16.3. The Morgan fingerprint density at radius 1 is 1.00 bits per heavy atom. The van der Waals surface area contributed by atoms with Crippen molar-refractivity contribution < 1.29 is 9.21 Å². The fraction of sp³-hybridized carbons (Fsp3) is 0.0333. The summed E-state index contributed by atoms with van der Waals surface area (Å²) in [4.78, 5) is 30.3. The SMILES string of the molecule is Cc1ccc2oc(-c3ccc(C(=O)Nc4c(C#N)cnn4-c4ccc5ccccc5n4)cc3)cc(=O)c2c1. The summed E-state index contributed by atoms with van der Waals surface area (Å²) in [7, 11) is 0. The summed E-state index contributed by atoms with van der Waals surface area (Å²) in [5, 5.41) is 18.2. The minimum Gasteiger partial charge on any atom is -0.456 e. The molecule has 8 nitrogen and oxygen atoms in total. The van der Waals surface area contributed by atoms with Crippen molar-refractivity contribution in [2.24, 2.45) is 0 Å². The van der Waals surface area contributed by atoms with Crippen molar-refractivity contribution in [3.05, 3.63) is 118 Å². The first-order valence-electron chi connectivity index (χ1n) is 11.8. The number of pyridine rings is 1. The molecule has 0 atom stereocenters. The standard InChI is InChI=1S/C30H19N5O3/c1-18-6-12-26-23(14-18)25(36)15-27(38-26)20-7-9-21(10-8-20)30(37)34-29-22(16-31)17-32-35(29)28-13-11-19-4-2-3-5-24(19)33-28/h2-15,17H,1H3,(H,34,37). The van der Waals surface area contributed by atoms with Crippen LogP contribution in [0.3, 0.4) is 0 Å². The van der Waals surface area contributed by atoms with Crippen LogP contribution in [0.2, 0.25) is 0 Å². The number of nitrogens with zero attached hydrogens (tertiary/aromatic N) is 4. The molecule has 0 saturated carbocycles. The number of nitrogens with one attached hydrogen (secondary N) is 1. The first-order valence-corrected chi connectivity index (χ1v) is 11.8. The average molecular weight is 498 g/mol. The second-order valence-corrected chi connectivity index (χ2v) is 8.80. The van der Waals surface area contributed by atoms with Crippen LogP contribution in [0.5, 0.6) is 0 Å². The Bertz CT molecular complexity index is 1960. The number of aromatic nitrogens is 3. The molecule has 182 valence electrons. The smallest absolute Gasteiger partial charge is 0.256 e. The number of fused-ring (bicyclic) bond motifs is 2. The van der Waals surface area contributed by atoms with Crippen LogP contribution >= 0.6 is 0 Å². The molecule has 0 saturated heterocycles. The Balaban J connectivity index is 1.29. The third-order valence-corrected chi connectivity index (χ3v) is 6.24. The number of aryl methyl sites for hydroxylation is 1. The molecule has 1 N–H and O–H groups in total. The highest BCUT2D eigenvalue weighted by molar-refractivity contribution is 6.04. The quantitative estimate of drug-likeness (QED) is 0.338. The van der Waals surface area contributed by atoms with E-state index >= 15 is 0 Å². The van der Waals surface area contributed by atoms with Crippen molar-refractivity contribution in [3.63, 3.8) is 0 Å². The average Bonchev–Trinajstić information content (AvgIpc) is 3.35. The van der Waals surface area contributed by atoms with Crippen molar-refractivity contribution in [2.75, 3.05) is 5.32 Å². The van der Waals surface area contributed by atoms with Crippen LogP contribution in [-0.4, -0.2) is 20.7 Å². The van der Waals surface area contributed by atoms with E-state index in [2.05, 4.69) is 21.5 Å². The molecule has 3 aromatic carbocycles. The van der Waals surface area contributed by atoms with Crippen LogP contribution in [0.15, 0.2) is 100 Å². The van der Waals surface area contributed by atoms with Crippen molar-refractivity contribution in [2.45, 2.75) is 6.92 Å². The van der Waals surface area contributed by atoms with E-state index in [0.29, 0.717) is 33.7 Å². The molecule has 0 fully saturated rings. The van der Waals surface area contributed by atoms with Gasteiger partial charge in [0.1, 0.15) is 23.0 Å². The van der Waals surface area contributed by atoms with Gasteiger partial charge in [0.05, 0.1) is 17.1 Å². The van der Waals surface area contributed by atoms with Gasteiger partial charge in [0, 0.05) is 22.6 Å². The number of anilines is 1. The van der Waals surface area contributed by atoms with Gasteiger partial charge in [-0.1, -0.05) is 42.0 Å². The monoisotopic (exact) mass is 497 g/mol. The second-order valence-electron chi connectivity index (χ2n) is 8.80. The fourth-order valence-electron chi connectivity index (χ4n) is 4.28. The summed E-state index contributed by atoms with van der Waals surface area (Å²) < 4.78 is 7.37. The van der Waals surface area contributed by atoms with Gasteiger partial charge in [-0.2, -0.15) is 15.0 Å². The van der Waals surface area contributed by atoms with Gasteiger partial charge in [0.15, 0.2) is 17.1 Å². The first kappa shape index (κ1) is 22.9. The van der Waals surface area contributed by atoms with Crippen LogP contribution in [0.25, 0.3) is 39.0 Å². The van der Waals surface area contributed by atoms with E-state index in [9.17, 15) is 14.9 Å². The molecule has 0 aliphatic carbocycles. The van der Waals surface area contributed by atoms with Gasteiger partial charge in [0.2, 0.25) is 0 Å². The number of para-hydroxylation sites is 1. The number of carbonyl (C=O) groups excluding carboxylic acids is 1. The molecule has 38 heavy (non-hydrogen) atoms. The van der Waals surface area contributed by atoms with Crippen LogP contribution in [-0.2, 0) is 0 Å². The highest BCUT2D eigenvalue weighted by Crippen LogP contribution is 2.25. The van der Waals surface area contributed by atoms with Gasteiger partial charge in [0.25, 0.3) is 5.91 Å². The van der Waals surface area contributed by atoms with Crippen LogP contribution in [0.1, 0.15) is 21.5 Å². The largest absolute Gasteiger partial charge is 0.456 e. The number of hydrogen-bond acceptors (Lipinski definition) is 6. The minimum atomic E-state index is -0.425. The third-order valence-electron chi connectivity index (χ3n) is 6.24. The molecule has 0 spiro atoms. The summed E-state index contributed by atoms with van der Waals surface area (Å²) in [6.45, 7) is 1.92. The maximum atomic E-state index is 13.1. The first-order chi connectivity index (χ1) is 18.5. The van der Waals surface area contributed by atoms with Crippen LogP contribution in [0.4, 0.5) is 5.82 Å². The number of benzene rings is 3. The zero-order valence-electron chi connectivity index (χ0n) is 20.2. The highest BCUT2D eigenvalue weighted by Gasteiger charge is 2.18. The lowest BCUT2D eigenvalue weighted by Crippen LogP contribution is -2.16. The number of amides is 1. The number of hydrogen-bond donors (Lipinski definition) is 1. The van der Waals surface area contributed by atoms with Crippen molar-refractivity contribution in [3.8, 4) is 23.2 Å². The summed E-state index contributed by atoms with van der Waals surface area (Å²) in [5.41, 5.74) is 3.33. The summed E-state index contributed by atoms with van der Waals surface area (Å²) in [6, 6.07) is 27.0. The lowest BCUT2D eigenvalue weighted by atomic mass is 10.1. The van der Waals surface area contributed by atoms with Crippen molar-refractivity contribution in [1.29, 1.82) is 5.26 Å². The molecule has 0 radical (unpaired) electrons. The van der Waals surface area contributed by atoms with E-state index in [0.717, 1.165) is 16.5 Å². The molecule has 3 aromatic heterocycles. The van der Waals surface area contributed by atoms with E-state index in [1.54, 1.807) is 42.5 Å². The van der Waals surface area contributed by atoms with Gasteiger partial charge in [-0.25, -0.2) is 4.98 Å². The predicted molar refractivity (Wildman–Crippen MR) is 144 cm³/mol. The maximum absolute atomic E-state index is 13.1. The van der Waals surface area contributed by atoms with E-state index in [1.165, 1.54) is 16.9 Å². The van der Waals surface area contributed by atoms with Gasteiger partial charge in [-0.3, -0.25) is 9.59 Å². The van der Waals surface area contributed by atoms with E-state index in [-0.39, 0.29) is 16.8 Å². The molecule has 3 heterocycles. The van der Waals surface area contributed by atoms with Crippen molar-refractivity contribution in [1.82, 2.24) is 14.8 Å². The molecule has 0 bridgehead atoms. The molecule has 0 unspecified atom stereocenters. The van der Waals surface area contributed by atoms with Gasteiger partial charge < -0.3 is 9.73 Å². The lowest BCUT2D eigenvalue weighted by Gasteiger charge is -2.10. The Morgan fingerprint density at radius 2 is 1.82 bits per heavy atom. The van der Waals surface area contributed by atoms with E-state index in [1.807, 2.05) is 43.3 Å². The van der Waals surface area contributed by atoms with Crippen LogP contribution in [0, 0.1) is 18.3 Å². The molecule has 6 rings (SSSR count). The van der Waals surface area contributed by atoms with Gasteiger partial charge >= 0.3 is 0 Å². The molecule has 0 aliphatic rings. The Labute approximate surface area is 216 Å². The molecule has 1 amide bonds. The Morgan fingerprint density at radius 3 is 2.63 bits per heavy atom. The van der Waals surface area contributed by atoms with E-state index in [4.69, 9.17) is 4.42 Å². The predicted octanol–water partition coefficient (Wildman–Crippen LogP) is 5.63. The lowest BCUT2D eigenvalue weighted by molar-refractivity contribution is 0.102. The number of nitriles is 1. The topological polar surface area (TPSA) is 114 Å². The molecular formula is C30H19N5O3.